The molecule has 0 aromatic heterocycles. The third-order valence-electron chi connectivity index (χ3n) is 5.66. The molecule has 0 saturated carbocycles. The second-order valence-electron chi connectivity index (χ2n) is 8.27. The zero-order valence-electron chi connectivity index (χ0n) is 20.1. The average Bonchev–Trinajstić information content (AvgIpc) is 2.88. The lowest BCUT2D eigenvalue weighted by Gasteiger charge is -2.24. The average molecular weight is 512 g/mol. The summed E-state index contributed by atoms with van der Waals surface area (Å²) in [5.41, 5.74) is 8.17. The number of benzene rings is 3. The highest BCUT2D eigenvalue weighted by Gasteiger charge is 2.32. The molecule has 0 bridgehead atoms. The maximum Gasteiger partial charge on any atom is 0.339 e. The Morgan fingerprint density at radius 1 is 0.917 bits per heavy atom. The van der Waals surface area contributed by atoms with Crippen molar-refractivity contribution in [2.75, 3.05) is 13.7 Å². The van der Waals surface area contributed by atoms with Gasteiger partial charge in [0.1, 0.15) is 17.3 Å². The maximum atomic E-state index is 13.2. The molecule has 0 spiro atoms. The SMILES string of the molecule is COC(=O)CC(CN)C(C(=O)OCc1ccccc1)c1ccc(OS(=O)(=O)c2ccc(C)cc2)cc1. The molecule has 2 N–H and O–H groups in total. The predicted molar refractivity (Wildman–Crippen MR) is 134 cm³/mol. The number of ether oxygens (including phenoxy) is 2. The fourth-order valence-corrected chi connectivity index (χ4v) is 4.59. The Balaban J connectivity index is 1.83. The molecule has 3 aromatic carbocycles. The van der Waals surface area contributed by atoms with E-state index in [2.05, 4.69) is 0 Å². The number of carbonyl (C=O) groups is 2. The molecule has 9 heteroatoms. The highest BCUT2D eigenvalue weighted by atomic mass is 32.2. The van der Waals surface area contributed by atoms with Gasteiger partial charge in [0, 0.05) is 0 Å². The number of rotatable bonds is 11. The van der Waals surface area contributed by atoms with Crippen molar-refractivity contribution in [1.29, 1.82) is 0 Å². The number of nitrogens with two attached hydrogens (primary N) is 1. The number of hydrogen-bond acceptors (Lipinski definition) is 8. The van der Waals surface area contributed by atoms with Gasteiger partial charge in [-0.1, -0.05) is 60.2 Å². The van der Waals surface area contributed by atoms with Gasteiger partial charge >= 0.3 is 22.1 Å². The van der Waals surface area contributed by atoms with Gasteiger partial charge in [-0.3, -0.25) is 9.59 Å². The van der Waals surface area contributed by atoms with Crippen LogP contribution in [-0.4, -0.2) is 34.0 Å². The van der Waals surface area contributed by atoms with Gasteiger partial charge in [-0.25, -0.2) is 0 Å². The van der Waals surface area contributed by atoms with Crippen molar-refractivity contribution in [3.63, 3.8) is 0 Å². The zero-order chi connectivity index (χ0) is 26.1. The van der Waals surface area contributed by atoms with Crippen LogP contribution in [-0.2, 0) is 35.8 Å². The third-order valence-corrected chi connectivity index (χ3v) is 6.92. The molecule has 2 atom stereocenters. The normalized spacial score (nSPS) is 12.9. The lowest BCUT2D eigenvalue weighted by Crippen LogP contribution is -2.31. The van der Waals surface area contributed by atoms with Crippen LogP contribution in [0, 0.1) is 12.8 Å². The van der Waals surface area contributed by atoms with Crippen molar-refractivity contribution in [3.8, 4) is 5.75 Å². The number of hydrogen-bond donors (Lipinski definition) is 1. The Labute approximate surface area is 211 Å². The van der Waals surface area contributed by atoms with Crippen LogP contribution in [0.25, 0.3) is 0 Å². The van der Waals surface area contributed by atoms with E-state index in [4.69, 9.17) is 19.4 Å². The van der Waals surface area contributed by atoms with Crippen LogP contribution >= 0.6 is 0 Å². The van der Waals surface area contributed by atoms with Gasteiger partial charge < -0.3 is 19.4 Å². The van der Waals surface area contributed by atoms with Crippen molar-refractivity contribution in [3.05, 3.63) is 95.6 Å². The Kier molecular flexibility index (Phi) is 9.21. The van der Waals surface area contributed by atoms with Crippen LogP contribution in [0.4, 0.5) is 0 Å². The summed E-state index contributed by atoms with van der Waals surface area (Å²) in [6.45, 7) is 1.94. The molecule has 3 aromatic rings. The van der Waals surface area contributed by atoms with Gasteiger partial charge in [0.2, 0.25) is 0 Å². The largest absolute Gasteiger partial charge is 0.469 e. The first-order valence-corrected chi connectivity index (χ1v) is 12.7. The Bertz CT molecular complexity index is 1260. The lowest BCUT2D eigenvalue weighted by molar-refractivity contribution is -0.149. The minimum absolute atomic E-state index is 0.0280. The summed E-state index contributed by atoms with van der Waals surface area (Å²) in [4.78, 5) is 25.2. The van der Waals surface area contributed by atoms with Gasteiger partial charge in [-0.15, -0.1) is 0 Å². The van der Waals surface area contributed by atoms with E-state index in [1.54, 1.807) is 24.3 Å². The Morgan fingerprint density at radius 3 is 2.14 bits per heavy atom. The molecule has 3 rings (SSSR count). The van der Waals surface area contributed by atoms with Crippen molar-refractivity contribution in [1.82, 2.24) is 0 Å². The summed E-state index contributed by atoms with van der Waals surface area (Å²) in [6.07, 6.45) is -0.0852. The summed E-state index contributed by atoms with van der Waals surface area (Å²) in [6, 6.07) is 21.5. The monoisotopic (exact) mass is 511 g/mol. The fourth-order valence-electron chi connectivity index (χ4n) is 3.66. The molecular formula is C27H29NO7S. The van der Waals surface area contributed by atoms with E-state index in [1.807, 2.05) is 37.3 Å². The maximum absolute atomic E-state index is 13.2. The van der Waals surface area contributed by atoms with E-state index in [-0.39, 0.29) is 30.2 Å². The minimum Gasteiger partial charge on any atom is -0.469 e. The van der Waals surface area contributed by atoms with E-state index >= 15 is 0 Å². The number of esters is 2. The standard InChI is InChI=1S/C27H29NO7S/c1-19-8-14-24(15-9-19)36(31,32)35-23-12-10-21(11-13-23)26(22(17-28)16-25(29)33-2)27(30)34-18-20-6-4-3-5-7-20/h3-15,22,26H,16-18,28H2,1-2H3. The molecule has 0 radical (unpaired) electrons. The van der Waals surface area contributed by atoms with Crippen molar-refractivity contribution < 1.29 is 31.7 Å². The molecule has 2 unspecified atom stereocenters. The molecule has 0 fully saturated rings. The second kappa shape index (κ2) is 12.3. The van der Waals surface area contributed by atoms with Gasteiger partial charge in [0.05, 0.1) is 19.4 Å². The summed E-state index contributed by atoms with van der Waals surface area (Å²) in [5.74, 6) is -2.45. The molecule has 0 aliphatic rings. The van der Waals surface area contributed by atoms with Crippen molar-refractivity contribution in [2.45, 2.75) is 30.8 Å². The van der Waals surface area contributed by atoms with E-state index in [1.165, 1.54) is 31.4 Å². The number of methoxy groups -OCH3 is 1. The number of carbonyl (C=O) groups excluding carboxylic acids is 2. The Morgan fingerprint density at radius 2 is 1.56 bits per heavy atom. The molecular weight excluding hydrogens is 482 g/mol. The minimum atomic E-state index is -4.03. The summed E-state index contributed by atoms with van der Waals surface area (Å²) < 4.78 is 40.8. The van der Waals surface area contributed by atoms with Gasteiger partial charge in [-0.05, 0) is 54.8 Å². The molecule has 190 valence electrons. The summed E-state index contributed by atoms with van der Waals surface area (Å²) in [5, 5.41) is 0. The molecule has 0 heterocycles. The van der Waals surface area contributed by atoms with Crippen LogP contribution in [0.2, 0.25) is 0 Å². The molecule has 0 aliphatic carbocycles. The highest BCUT2D eigenvalue weighted by molar-refractivity contribution is 7.87. The van der Waals surface area contributed by atoms with E-state index in [0.29, 0.717) is 5.56 Å². The highest BCUT2D eigenvalue weighted by Crippen LogP contribution is 2.31. The van der Waals surface area contributed by atoms with Gasteiger partial charge in [-0.2, -0.15) is 8.42 Å². The second-order valence-corrected chi connectivity index (χ2v) is 9.81. The predicted octanol–water partition coefficient (Wildman–Crippen LogP) is 3.73. The quantitative estimate of drug-likeness (QED) is 0.305. The van der Waals surface area contributed by atoms with E-state index in [9.17, 15) is 18.0 Å². The fraction of sp³-hybridized carbons (Fsp3) is 0.259. The molecule has 36 heavy (non-hydrogen) atoms. The zero-order valence-corrected chi connectivity index (χ0v) is 20.9. The lowest BCUT2D eigenvalue weighted by atomic mass is 9.83. The first-order chi connectivity index (χ1) is 17.2. The Hall–Kier alpha value is -3.69. The first-order valence-electron chi connectivity index (χ1n) is 11.3. The van der Waals surface area contributed by atoms with Crippen LogP contribution in [0.1, 0.15) is 29.0 Å². The number of aryl methyl sites for hydroxylation is 1. The van der Waals surface area contributed by atoms with Crippen molar-refractivity contribution >= 4 is 22.1 Å². The van der Waals surface area contributed by atoms with Crippen LogP contribution in [0.3, 0.4) is 0 Å². The molecule has 0 amide bonds. The summed E-state index contributed by atoms with van der Waals surface area (Å²) in [7, 11) is -2.77. The van der Waals surface area contributed by atoms with Crippen molar-refractivity contribution in [2.24, 2.45) is 11.7 Å². The van der Waals surface area contributed by atoms with E-state index in [0.717, 1.165) is 11.1 Å². The van der Waals surface area contributed by atoms with Gasteiger partial charge in [0.25, 0.3) is 0 Å². The third kappa shape index (κ3) is 7.16. The summed E-state index contributed by atoms with van der Waals surface area (Å²) >= 11 is 0. The van der Waals surface area contributed by atoms with Crippen LogP contribution < -0.4 is 9.92 Å². The first kappa shape index (κ1) is 26.9. The topological polar surface area (TPSA) is 122 Å². The molecule has 0 aliphatic heterocycles. The van der Waals surface area contributed by atoms with Crippen LogP contribution in [0.5, 0.6) is 5.75 Å². The van der Waals surface area contributed by atoms with E-state index < -0.39 is 33.9 Å². The molecule has 8 nitrogen and oxygen atoms in total. The molecule has 0 saturated heterocycles. The van der Waals surface area contributed by atoms with Gasteiger partial charge in [0.15, 0.2) is 0 Å². The van der Waals surface area contributed by atoms with Crippen LogP contribution in [0.15, 0.2) is 83.8 Å². The smallest absolute Gasteiger partial charge is 0.339 e.